The van der Waals surface area contributed by atoms with Gasteiger partial charge in [0.1, 0.15) is 11.5 Å². The lowest BCUT2D eigenvalue weighted by Gasteiger charge is -2.19. The highest BCUT2D eigenvalue weighted by molar-refractivity contribution is 5.95. The molecule has 3 aromatic rings. The van der Waals surface area contributed by atoms with E-state index in [2.05, 4.69) is 10.3 Å². The molecule has 29 heavy (non-hydrogen) atoms. The minimum atomic E-state index is -0.390. The van der Waals surface area contributed by atoms with E-state index in [0.29, 0.717) is 18.7 Å². The fourth-order valence-electron chi connectivity index (χ4n) is 4.03. The topological polar surface area (TPSA) is 71.2 Å². The van der Waals surface area contributed by atoms with Crippen molar-refractivity contribution in [2.75, 3.05) is 13.2 Å². The minimum absolute atomic E-state index is 0.0505. The molecule has 1 saturated heterocycles. The number of hydrogen-bond acceptors (Lipinski definition) is 4. The van der Waals surface area contributed by atoms with E-state index in [4.69, 9.17) is 4.74 Å². The average Bonchev–Trinajstić information content (AvgIpc) is 3.35. The molecule has 0 bridgehead atoms. The van der Waals surface area contributed by atoms with E-state index in [1.54, 1.807) is 25.1 Å². The normalized spacial score (nSPS) is 18.8. The Kier molecular flexibility index (Phi) is 5.45. The number of nitrogens with one attached hydrogen (secondary N) is 2. The molecule has 2 heterocycles. The Morgan fingerprint density at radius 2 is 1.93 bits per heavy atom. The maximum Gasteiger partial charge on any atom is 0.354 e. The number of carbonyl (C=O) groups is 2. The van der Waals surface area contributed by atoms with Crippen molar-refractivity contribution in [3.63, 3.8) is 0 Å². The quantitative estimate of drug-likeness (QED) is 0.625. The maximum absolute atomic E-state index is 13.2. The Balaban J connectivity index is 1.50. The molecule has 0 aliphatic carbocycles. The van der Waals surface area contributed by atoms with Gasteiger partial charge in [-0.2, -0.15) is 0 Å². The van der Waals surface area contributed by atoms with E-state index in [9.17, 15) is 14.0 Å². The number of ketones is 1. The van der Waals surface area contributed by atoms with Crippen molar-refractivity contribution >= 4 is 22.7 Å². The molecule has 0 radical (unpaired) electrons. The predicted molar refractivity (Wildman–Crippen MR) is 109 cm³/mol. The Labute approximate surface area is 168 Å². The largest absolute Gasteiger partial charge is 0.461 e. The summed E-state index contributed by atoms with van der Waals surface area (Å²) in [6, 6.07) is 13.6. The van der Waals surface area contributed by atoms with Crippen LogP contribution in [0.25, 0.3) is 10.9 Å². The van der Waals surface area contributed by atoms with E-state index in [-0.39, 0.29) is 23.6 Å². The van der Waals surface area contributed by atoms with Crippen LogP contribution in [0.3, 0.4) is 0 Å². The fraction of sp³-hybridized carbons (Fsp3) is 0.304. The Bertz CT molecular complexity index is 1040. The summed E-state index contributed by atoms with van der Waals surface area (Å²) in [5.41, 5.74) is 3.10. The second kappa shape index (κ2) is 8.17. The van der Waals surface area contributed by atoms with Crippen molar-refractivity contribution in [1.82, 2.24) is 10.3 Å². The number of Topliss-reactive ketones (excluding diaryl/α,β-unsaturated/α-hetero) is 1. The molecule has 1 aliphatic rings. The minimum Gasteiger partial charge on any atom is -0.461 e. The van der Waals surface area contributed by atoms with Crippen molar-refractivity contribution < 1.29 is 18.7 Å². The van der Waals surface area contributed by atoms with Gasteiger partial charge >= 0.3 is 5.97 Å². The van der Waals surface area contributed by atoms with Gasteiger partial charge < -0.3 is 15.0 Å². The molecule has 0 amide bonds. The Hall–Kier alpha value is -2.99. The smallest absolute Gasteiger partial charge is 0.354 e. The first-order valence-electron chi connectivity index (χ1n) is 9.85. The molecule has 5 nitrogen and oxygen atoms in total. The zero-order chi connectivity index (χ0) is 20.4. The number of aromatic amines is 1. The summed E-state index contributed by atoms with van der Waals surface area (Å²) in [7, 11) is 0. The molecular weight excluding hydrogens is 371 g/mol. The molecule has 0 saturated carbocycles. The summed E-state index contributed by atoms with van der Waals surface area (Å²) in [6.07, 6.45) is 1.15. The molecule has 0 unspecified atom stereocenters. The van der Waals surface area contributed by atoms with E-state index in [1.807, 2.05) is 18.2 Å². The number of rotatable bonds is 6. The maximum atomic E-state index is 13.2. The molecule has 0 spiro atoms. The van der Waals surface area contributed by atoms with Crippen LogP contribution in [0.5, 0.6) is 0 Å². The summed E-state index contributed by atoms with van der Waals surface area (Å²) in [5, 5.41) is 4.17. The van der Waals surface area contributed by atoms with Crippen molar-refractivity contribution in [3.05, 3.63) is 71.2 Å². The number of hydrogen-bond donors (Lipinski definition) is 2. The third-order valence-electron chi connectivity index (χ3n) is 5.43. The van der Waals surface area contributed by atoms with Gasteiger partial charge in [0.15, 0.2) is 5.78 Å². The van der Waals surface area contributed by atoms with Crippen LogP contribution in [-0.2, 0) is 16.0 Å². The summed E-state index contributed by atoms with van der Waals surface area (Å²) in [5.74, 6) is -0.505. The lowest BCUT2D eigenvalue weighted by Crippen LogP contribution is -2.35. The number of aromatic nitrogens is 1. The van der Waals surface area contributed by atoms with E-state index < -0.39 is 5.97 Å². The first kappa shape index (κ1) is 19.3. The van der Waals surface area contributed by atoms with Gasteiger partial charge in [-0.15, -0.1) is 0 Å². The Morgan fingerprint density at radius 3 is 2.69 bits per heavy atom. The van der Waals surface area contributed by atoms with Crippen LogP contribution in [-0.4, -0.2) is 35.9 Å². The zero-order valence-corrected chi connectivity index (χ0v) is 16.2. The van der Waals surface area contributed by atoms with Crippen LogP contribution in [0.2, 0.25) is 0 Å². The van der Waals surface area contributed by atoms with Crippen LogP contribution in [0.15, 0.2) is 48.5 Å². The lowest BCUT2D eigenvalue weighted by molar-refractivity contribution is -0.120. The van der Waals surface area contributed by atoms with Gasteiger partial charge in [0.05, 0.1) is 12.6 Å². The SMILES string of the molecule is CCOC(=O)c1cc2cc(CC(=O)[C@H]3NCC[C@@H]3c3ccc(F)cc3)ccc2[nH]1. The van der Waals surface area contributed by atoms with Gasteiger partial charge in [0.2, 0.25) is 0 Å². The molecule has 4 rings (SSSR count). The molecule has 1 fully saturated rings. The summed E-state index contributed by atoms with van der Waals surface area (Å²) >= 11 is 0. The van der Waals surface area contributed by atoms with Crippen LogP contribution in [0.1, 0.15) is 40.9 Å². The molecule has 150 valence electrons. The third kappa shape index (κ3) is 4.07. The van der Waals surface area contributed by atoms with Crippen LogP contribution in [0, 0.1) is 5.82 Å². The van der Waals surface area contributed by atoms with Gasteiger partial charge in [-0.25, -0.2) is 9.18 Å². The summed E-state index contributed by atoms with van der Waals surface area (Å²) < 4.78 is 18.3. The van der Waals surface area contributed by atoms with Crippen LogP contribution in [0.4, 0.5) is 4.39 Å². The van der Waals surface area contributed by atoms with E-state index in [0.717, 1.165) is 35.0 Å². The first-order chi connectivity index (χ1) is 14.0. The average molecular weight is 394 g/mol. The second-order valence-electron chi connectivity index (χ2n) is 7.35. The number of benzene rings is 2. The number of H-pyrrole nitrogens is 1. The molecule has 1 aromatic heterocycles. The number of carbonyl (C=O) groups excluding carboxylic acids is 2. The van der Waals surface area contributed by atoms with Gasteiger partial charge in [-0.1, -0.05) is 18.2 Å². The first-order valence-corrected chi connectivity index (χ1v) is 9.85. The predicted octanol–water partition coefficient (Wildman–Crippen LogP) is 3.74. The second-order valence-corrected chi connectivity index (χ2v) is 7.35. The van der Waals surface area contributed by atoms with Crippen LogP contribution >= 0.6 is 0 Å². The lowest BCUT2D eigenvalue weighted by atomic mass is 9.88. The van der Waals surface area contributed by atoms with Crippen molar-refractivity contribution in [3.8, 4) is 0 Å². The molecule has 2 aromatic carbocycles. The zero-order valence-electron chi connectivity index (χ0n) is 16.2. The fourth-order valence-corrected chi connectivity index (χ4v) is 4.03. The third-order valence-corrected chi connectivity index (χ3v) is 5.43. The highest BCUT2D eigenvalue weighted by Crippen LogP contribution is 2.29. The highest BCUT2D eigenvalue weighted by atomic mass is 19.1. The van der Waals surface area contributed by atoms with Crippen molar-refractivity contribution in [1.29, 1.82) is 0 Å². The van der Waals surface area contributed by atoms with E-state index >= 15 is 0 Å². The number of ether oxygens (including phenoxy) is 1. The van der Waals surface area contributed by atoms with Gasteiger partial charge in [-0.3, -0.25) is 4.79 Å². The summed E-state index contributed by atoms with van der Waals surface area (Å²) in [4.78, 5) is 27.9. The monoisotopic (exact) mass is 394 g/mol. The summed E-state index contributed by atoms with van der Waals surface area (Å²) in [6.45, 7) is 2.84. The molecular formula is C23H23FN2O3. The van der Waals surface area contributed by atoms with Crippen molar-refractivity contribution in [2.45, 2.75) is 31.7 Å². The van der Waals surface area contributed by atoms with E-state index in [1.165, 1.54) is 12.1 Å². The van der Waals surface area contributed by atoms with Gasteiger partial charge in [0, 0.05) is 23.2 Å². The number of fused-ring (bicyclic) bond motifs is 1. The Morgan fingerprint density at radius 1 is 1.14 bits per heavy atom. The van der Waals surface area contributed by atoms with Gasteiger partial charge in [0.25, 0.3) is 0 Å². The molecule has 2 N–H and O–H groups in total. The standard InChI is InChI=1S/C23H23FN2O3/c1-2-29-23(28)20-13-16-11-14(3-8-19(16)26-20)12-21(27)22-18(9-10-25-22)15-4-6-17(24)7-5-15/h3-8,11,13,18,22,25-26H,2,9-10,12H2,1H3/t18-,22+/m1/s1. The van der Waals surface area contributed by atoms with Gasteiger partial charge in [-0.05, 0) is 61.3 Å². The van der Waals surface area contributed by atoms with Crippen molar-refractivity contribution in [2.24, 2.45) is 0 Å². The molecule has 6 heteroatoms. The number of halogens is 1. The highest BCUT2D eigenvalue weighted by Gasteiger charge is 2.33. The van der Waals surface area contributed by atoms with Crippen LogP contribution < -0.4 is 5.32 Å². The molecule has 2 atom stereocenters. The molecule has 1 aliphatic heterocycles. The number of esters is 1.